The molecule has 1 aromatic heterocycles. The normalized spacial score (nSPS) is 9.68. The Morgan fingerprint density at radius 3 is 2.09 bits per heavy atom. The van der Waals surface area contributed by atoms with Crippen molar-refractivity contribution in [2.75, 3.05) is 5.32 Å². The standard InChI is InChI=1S/C11H13Cl2N2O2.C2H3O2.Y/c1-6(16)14-9-7(12)5-8(13)10(15-9)17-11(2,3)4;1-2(3)4;/h5H,1H2,2-4H3,(H,14,15,16);1H2,(H,3,4);/q2*-1;. The van der Waals surface area contributed by atoms with Gasteiger partial charge in [-0.2, -0.15) is 4.98 Å². The van der Waals surface area contributed by atoms with Gasteiger partial charge in [-0.05, 0) is 26.8 Å². The molecule has 0 aliphatic carbocycles. The number of pyridine rings is 1. The third-order valence-electron chi connectivity index (χ3n) is 1.56. The number of aromatic nitrogens is 1. The van der Waals surface area contributed by atoms with E-state index in [9.17, 15) is 4.79 Å². The van der Waals surface area contributed by atoms with Crippen molar-refractivity contribution in [1.29, 1.82) is 0 Å². The molecular weight excluding hydrogens is 408 g/mol. The quantitative estimate of drug-likeness (QED) is 0.712. The Morgan fingerprint density at radius 2 is 1.73 bits per heavy atom. The summed E-state index contributed by atoms with van der Waals surface area (Å²) in [6.07, 6.45) is 0. The summed E-state index contributed by atoms with van der Waals surface area (Å²) in [7, 11) is 0. The molecule has 121 valence electrons. The largest absolute Gasteiger partial charge is 0.503 e. The number of aliphatic carboxylic acids is 1. The summed E-state index contributed by atoms with van der Waals surface area (Å²) in [5.74, 6) is -1.20. The van der Waals surface area contributed by atoms with E-state index in [0.717, 1.165) is 0 Å². The van der Waals surface area contributed by atoms with Crippen LogP contribution >= 0.6 is 23.2 Å². The average Bonchev–Trinajstić information content (AvgIpc) is 2.21. The van der Waals surface area contributed by atoms with Crippen molar-refractivity contribution in [3.8, 4) is 5.88 Å². The van der Waals surface area contributed by atoms with Gasteiger partial charge in [-0.15, -0.1) is 0 Å². The van der Waals surface area contributed by atoms with E-state index in [2.05, 4.69) is 24.1 Å². The van der Waals surface area contributed by atoms with Crippen LogP contribution in [0.3, 0.4) is 0 Å². The second-order valence-electron chi connectivity index (χ2n) is 4.76. The number of nitrogens with one attached hydrogen (secondary N) is 1. The number of anilines is 1. The molecule has 0 atom stereocenters. The van der Waals surface area contributed by atoms with Gasteiger partial charge in [0, 0.05) is 32.7 Å². The van der Waals surface area contributed by atoms with Crippen LogP contribution in [-0.2, 0) is 42.3 Å². The first kappa shape index (κ1) is 23.6. The van der Waals surface area contributed by atoms with E-state index in [1.54, 1.807) is 0 Å². The SMILES string of the molecule is [CH2-]C(=O)Nc1nc(OC(C)(C)C)c(Cl)cc1Cl.[CH2-]C(=O)O.[Y]. The fraction of sp³-hybridized carbons (Fsp3) is 0.308. The molecule has 0 unspecified atom stereocenters. The maximum absolute atomic E-state index is 10.9. The Hall–Kier alpha value is -0.686. The molecule has 0 spiro atoms. The van der Waals surface area contributed by atoms with E-state index in [-0.39, 0.29) is 54.5 Å². The van der Waals surface area contributed by atoms with E-state index < -0.39 is 17.5 Å². The Labute approximate surface area is 164 Å². The zero-order valence-corrected chi connectivity index (χ0v) is 16.8. The van der Waals surface area contributed by atoms with Crippen molar-refractivity contribution < 1.29 is 52.1 Å². The molecule has 0 aliphatic rings. The van der Waals surface area contributed by atoms with Crippen molar-refractivity contribution >= 4 is 40.9 Å². The number of halogens is 2. The molecule has 22 heavy (non-hydrogen) atoms. The van der Waals surface area contributed by atoms with Crippen LogP contribution in [0.25, 0.3) is 0 Å². The molecule has 0 aliphatic heterocycles. The molecule has 0 bridgehead atoms. The minimum Gasteiger partial charge on any atom is -0.503 e. The van der Waals surface area contributed by atoms with Gasteiger partial charge in [-0.1, -0.05) is 23.2 Å². The number of hydrogen-bond donors (Lipinski definition) is 2. The third-order valence-corrected chi connectivity index (χ3v) is 2.12. The van der Waals surface area contributed by atoms with Gasteiger partial charge in [0.15, 0.2) is 11.8 Å². The maximum Gasteiger partial charge on any atom is 0.235 e. The van der Waals surface area contributed by atoms with Gasteiger partial charge >= 0.3 is 0 Å². The molecule has 0 aromatic carbocycles. The first-order valence-corrected chi connectivity index (χ1v) is 6.41. The number of amides is 1. The van der Waals surface area contributed by atoms with E-state index in [0.29, 0.717) is 0 Å². The van der Waals surface area contributed by atoms with Gasteiger partial charge in [0.1, 0.15) is 10.6 Å². The number of hydrogen-bond acceptors (Lipinski definition) is 4. The van der Waals surface area contributed by atoms with Crippen molar-refractivity contribution in [2.45, 2.75) is 26.4 Å². The molecular formula is C13H16Cl2N2O4Y-2. The summed E-state index contributed by atoms with van der Waals surface area (Å²) in [6.45, 7) is 11.3. The molecule has 6 nitrogen and oxygen atoms in total. The number of carbonyl (C=O) groups is 2. The molecule has 2 N–H and O–H groups in total. The van der Waals surface area contributed by atoms with Gasteiger partial charge in [-0.3, -0.25) is 11.7 Å². The molecule has 1 heterocycles. The maximum atomic E-state index is 10.9. The predicted octanol–water partition coefficient (Wildman–Crippen LogP) is 3.24. The summed E-state index contributed by atoms with van der Waals surface area (Å²) in [4.78, 5) is 23.8. The molecule has 9 heteroatoms. The summed E-state index contributed by atoms with van der Waals surface area (Å²) in [5, 5.41) is 10.2. The number of carbonyl (C=O) groups excluding carboxylic acids is 1. The molecule has 1 rings (SSSR count). The molecule has 0 saturated carbocycles. The topological polar surface area (TPSA) is 88.5 Å². The minimum atomic E-state index is -1.08. The predicted molar refractivity (Wildman–Crippen MR) is 81.6 cm³/mol. The number of nitrogens with zero attached hydrogens (tertiary/aromatic N) is 1. The van der Waals surface area contributed by atoms with Crippen molar-refractivity contribution in [3.05, 3.63) is 30.0 Å². The van der Waals surface area contributed by atoms with Gasteiger partial charge in [-0.25, -0.2) is 0 Å². The Bertz CT molecular complexity index is 530. The van der Waals surface area contributed by atoms with Crippen molar-refractivity contribution in [2.24, 2.45) is 0 Å². The molecule has 0 fully saturated rings. The first-order valence-electron chi connectivity index (χ1n) is 5.65. The van der Waals surface area contributed by atoms with Crippen LogP contribution in [0.4, 0.5) is 5.82 Å². The number of carboxylic acids is 1. The molecule has 1 radical (unpaired) electrons. The number of carboxylic acid groups (broad SMARTS) is 1. The fourth-order valence-electron chi connectivity index (χ4n) is 1.03. The Kier molecular flexibility index (Phi) is 10.9. The zero-order chi connectivity index (χ0) is 16.8. The molecule has 1 amide bonds. The van der Waals surface area contributed by atoms with Crippen molar-refractivity contribution in [3.63, 3.8) is 0 Å². The smallest absolute Gasteiger partial charge is 0.235 e. The van der Waals surface area contributed by atoms with Crippen LogP contribution in [0.2, 0.25) is 10.0 Å². The van der Waals surface area contributed by atoms with E-state index in [1.165, 1.54) is 6.07 Å². The monoisotopic (exact) mass is 423 g/mol. The number of ether oxygens (including phenoxy) is 1. The van der Waals surface area contributed by atoms with Gasteiger partial charge < -0.3 is 26.9 Å². The summed E-state index contributed by atoms with van der Waals surface area (Å²) in [6, 6.07) is 1.46. The van der Waals surface area contributed by atoms with Crippen molar-refractivity contribution in [1.82, 2.24) is 4.98 Å². The zero-order valence-electron chi connectivity index (χ0n) is 12.4. The van der Waals surface area contributed by atoms with Gasteiger partial charge in [0.05, 0.1) is 10.9 Å². The Morgan fingerprint density at radius 1 is 1.27 bits per heavy atom. The Balaban J connectivity index is 0. The van der Waals surface area contributed by atoms with Gasteiger partial charge in [0.25, 0.3) is 0 Å². The van der Waals surface area contributed by atoms with E-state index in [1.807, 2.05) is 20.8 Å². The van der Waals surface area contributed by atoms with Crippen LogP contribution in [0, 0.1) is 13.8 Å². The van der Waals surface area contributed by atoms with Gasteiger partial charge in [0.2, 0.25) is 5.88 Å². The summed E-state index contributed by atoms with van der Waals surface area (Å²) >= 11 is 11.8. The van der Waals surface area contributed by atoms with E-state index >= 15 is 0 Å². The minimum absolute atomic E-state index is 0. The molecule has 1 aromatic rings. The average molecular weight is 424 g/mol. The van der Waals surface area contributed by atoms with Crippen LogP contribution in [0.5, 0.6) is 5.88 Å². The van der Waals surface area contributed by atoms with Crippen LogP contribution in [-0.4, -0.2) is 27.6 Å². The third kappa shape index (κ3) is 11.0. The molecule has 0 saturated heterocycles. The van der Waals surface area contributed by atoms with Crippen LogP contribution in [0.1, 0.15) is 20.8 Å². The number of rotatable bonds is 2. The van der Waals surface area contributed by atoms with Crippen LogP contribution < -0.4 is 10.1 Å². The summed E-state index contributed by atoms with van der Waals surface area (Å²) < 4.78 is 5.54. The van der Waals surface area contributed by atoms with Crippen LogP contribution in [0.15, 0.2) is 6.07 Å². The second kappa shape index (κ2) is 10.2. The first-order chi connectivity index (χ1) is 9.42. The summed E-state index contributed by atoms with van der Waals surface area (Å²) in [5.41, 5.74) is -0.448. The fourth-order valence-corrected chi connectivity index (χ4v) is 1.48. The second-order valence-corrected chi connectivity index (χ2v) is 5.58. The van der Waals surface area contributed by atoms with E-state index in [4.69, 9.17) is 37.8 Å².